The number of benzene rings is 1. The van der Waals surface area contributed by atoms with E-state index >= 15 is 0 Å². The van der Waals surface area contributed by atoms with Crippen LogP contribution in [0.3, 0.4) is 0 Å². The molecule has 0 unspecified atom stereocenters. The van der Waals surface area contributed by atoms with E-state index in [0.717, 1.165) is 17.0 Å². The highest BCUT2D eigenvalue weighted by molar-refractivity contribution is 7.91. The molecular formula is C16H19FN6O6S. The first-order valence-electron chi connectivity index (χ1n) is 8.10. The van der Waals surface area contributed by atoms with E-state index in [2.05, 4.69) is 9.97 Å². The number of carbonyl (C=O) groups excluding carboxylic acids is 2. The minimum Gasteiger partial charge on any atom is -0.481 e. The van der Waals surface area contributed by atoms with Crippen molar-refractivity contribution in [2.24, 2.45) is 5.73 Å². The maximum absolute atomic E-state index is 14.3. The van der Waals surface area contributed by atoms with Gasteiger partial charge in [-0.15, -0.1) is 0 Å². The van der Waals surface area contributed by atoms with Crippen molar-refractivity contribution in [3.8, 4) is 23.1 Å². The number of urea groups is 1. The molecule has 0 radical (unpaired) electrons. The second kappa shape index (κ2) is 8.77. The fraction of sp³-hybridized carbons (Fsp3) is 0.250. The van der Waals surface area contributed by atoms with Crippen LogP contribution < -0.4 is 24.7 Å². The third-order valence-electron chi connectivity index (χ3n) is 3.54. The minimum atomic E-state index is -4.56. The van der Waals surface area contributed by atoms with Gasteiger partial charge in [-0.2, -0.15) is 18.4 Å². The number of primary amides is 1. The molecular weight excluding hydrogens is 423 g/mol. The molecule has 1 aromatic carbocycles. The van der Waals surface area contributed by atoms with Crippen molar-refractivity contribution in [1.82, 2.24) is 19.6 Å². The summed E-state index contributed by atoms with van der Waals surface area (Å²) in [5.74, 6) is -1.73. The van der Waals surface area contributed by atoms with Gasteiger partial charge in [0.05, 0.1) is 37.1 Å². The average molecular weight is 442 g/mol. The molecule has 0 bridgehead atoms. The van der Waals surface area contributed by atoms with Crippen molar-refractivity contribution in [3.05, 3.63) is 29.6 Å². The number of amides is 3. The zero-order chi connectivity index (χ0) is 22.6. The minimum absolute atomic E-state index is 0.0356. The summed E-state index contributed by atoms with van der Waals surface area (Å²) in [5, 5.41) is 0. The van der Waals surface area contributed by atoms with E-state index in [1.165, 1.54) is 39.1 Å². The van der Waals surface area contributed by atoms with Crippen LogP contribution in [0.4, 0.5) is 14.9 Å². The Morgan fingerprint density at radius 1 is 1.10 bits per heavy atom. The van der Waals surface area contributed by atoms with E-state index in [1.807, 2.05) is 4.72 Å². The van der Waals surface area contributed by atoms with Gasteiger partial charge in [-0.25, -0.2) is 13.9 Å². The van der Waals surface area contributed by atoms with Gasteiger partial charge in [0.25, 0.3) is 5.91 Å². The molecule has 0 spiro atoms. The van der Waals surface area contributed by atoms with Crippen LogP contribution in [0.5, 0.6) is 11.8 Å². The number of hydrogen-bond acceptors (Lipinski definition) is 8. The molecule has 2 aromatic rings. The Hall–Kier alpha value is -3.68. The summed E-state index contributed by atoms with van der Waals surface area (Å²) in [6.07, 6.45) is 0. The van der Waals surface area contributed by atoms with Crippen molar-refractivity contribution in [2.45, 2.75) is 0 Å². The standard InChI is InChI=1S/C16H19FN6O6S/c1-23(2)15(24)9-5-8(17)6-10(21-30(26,27)22-16(18)25)13(9)14-19-11(28-3)7-12(20-14)29-4/h5-7,21H,1-4H3,(H3,18,22,25). The smallest absolute Gasteiger partial charge is 0.327 e. The Bertz CT molecular complexity index is 1070. The summed E-state index contributed by atoms with van der Waals surface area (Å²) < 4.78 is 52.1. The Morgan fingerprint density at radius 2 is 1.67 bits per heavy atom. The van der Waals surface area contributed by atoms with Crippen molar-refractivity contribution >= 4 is 27.8 Å². The lowest BCUT2D eigenvalue weighted by molar-refractivity contribution is 0.0827. The lowest BCUT2D eigenvalue weighted by Crippen LogP contribution is -2.39. The van der Waals surface area contributed by atoms with E-state index in [4.69, 9.17) is 15.2 Å². The van der Waals surface area contributed by atoms with Gasteiger partial charge >= 0.3 is 16.2 Å². The number of nitrogens with two attached hydrogens (primary N) is 1. The number of ether oxygens (including phenoxy) is 2. The first-order valence-corrected chi connectivity index (χ1v) is 9.58. The Balaban J connectivity index is 2.84. The second-order valence-corrected chi connectivity index (χ2v) is 7.34. The third-order valence-corrected chi connectivity index (χ3v) is 4.50. The van der Waals surface area contributed by atoms with E-state index in [9.17, 15) is 22.4 Å². The van der Waals surface area contributed by atoms with Gasteiger partial charge in [0.1, 0.15) is 5.82 Å². The lowest BCUT2D eigenvalue weighted by atomic mass is 10.0. The first kappa shape index (κ1) is 22.6. The summed E-state index contributed by atoms with van der Waals surface area (Å²) in [6, 6.07) is 1.66. The second-order valence-electron chi connectivity index (χ2n) is 5.92. The lowest BCUT2D eigenvalue weighted by Gasteiger charge is -2.18. The molecule has 14 heteroatoms. The van der Waals surface area contributed by atoms with Crippen LogP contribution in [0, 0.1) is 5.82 Å². The number of hydrogen-bond donors (Lipinski definition) is 3. The molecule has 0 aliphatic rings. The predicted molar refractivity (Wildman–Crippen MR) is 104 cm³/mol. The average Bonchev–Trinajstić information content (AvgIpc) is 2.64. The van der Waals surface area contributed by atoms with Crippen molar-refractivity contribution in [2.75, 3.05) is 33.0 Å². The summed E-state index contributed by atoms with van der Waals surface area (Å²) in [7, 11) is 0.923. The van der Waals surface area contributed by atoms with Gasteiger partial charge in [0.2, 0.25) is 11.8 Å². The largest absolute Gasteiger partial charge is 0.481 e. The monoisotopic (exact) mass is 442 g/mol. The molecule has 0 saturated carbocycles. The molecule has 3 amide bonds. The fourth-order valence-electron chi connectivity index (χ4n) is 2.37. The highest BCUT2D eigenvalue weighted by Crippen LogP contribution is 2.34. The van der Waals surface area contributed by atoms with Crippen LogP contribution in [0.15, 0.2) is 18.2 Å². The molecule has 0 fully saturated rings. The number of aromatic nitrogens is 2. The summed E-state index contributed by atoms with van der Waals surface area (Å²) in [4.78, 5) is 33.0. The number of rotatable bonds is 7. The third kappa shape index (κ3) is 5.22. The molecule has 162 valence electrons. The highest BCUT2D eigenvalue weighted by Gasteiger charge is 2.26. The quantitative estimate of drug-likeness (QED) is 0.551. The molecule has 0 saturated heterocycles. The number of halogens is 1. The van der Waals surface area contributed by atoms with Gasteiger partial charge < -0.3 is 20.1 Å². The number of nitrogens with one attached hydrogen (secondary N) is 2. The first-order chi connectivity index (χ1) is 14.0. The zero-order valence-corrected chi connectivity index (χ0v) is 17.2. The maximum Gasteiger partial charge on any atom is 0.327 e. The molecule has 30 heavy (non-hydrogen) atoms. The summed E-state index contributed by atoms with van der Waals surface area (Å²) in [5.41, 5.74) is 3.98. The number of carbonyl (C=O) groups is 2. The van der Waals surface area contributed by atoms with Crippen LogP contribution in [-0.2, 0) is 10.2 Å². The number of nitrogens with zero attached hydrogens (tertiary/aromatic N) is 3. The van der Waals surface area contributed by atoms with Crippen molar-refractivity contribution in [3.63, 3.8) is 0 Å². The Kier molecular flexibility index (Phi) is 6.61. The predicted octanol–water partition coefficient (Wildman–Crippen LogP) is 0.327. The van der Waals surface area contributed by atoms with E-state index in [1.54, 1.807) is 0 Å². The van der Waals surface area contributed by atoms with Crippen LogP contribution in [-0.4, -0.2) is 63.5 Å². The van der Waals surface area contributed by atoms with E-state index in [0.29, 0.717) is 0 Å². The maximum atomic E-state index is 14.3. The van der Waals surface area contributed by atoms with Crippen LogP contribution in [0.1, 0.15) is 10.4 Å². The molecule has 0 aliphatic carbocycles. The van der Waals surface area contributed by atoms with Crippen molar-refractivity contribution in [1.29, 1.82) is 0 Å². The topological polar surface area (TPSA) is 166 Å². The van der Waals surface area contributed by atoms with Gasteiger partial charge in [-0.1, -0.05) is 0 Å². The fourth-order valence-corrected chi connectivity index (χ4v) is 3.13. The molecule has 1 heterocycles. The van der Waals surface area contributed by atoms with Crippen LogP contribution >= 0.6 is 0 Å². The SMILES string of the molecule is COc1cc(OC)nc(-c2c(NS(=O)(=O)NC(N)=O)cc(F)cc2C(=O)N(C)C)n1. The molecule has 0 atom stereocenters. The molecule has 12 nitrogen and oxygen atoms in total. The summed E-state index contributed by atoms with van der Waals surface area (Å²) >= 11 is 0. The molecule has 0 aliphatic heterocycles. The molecule has 1 aromatic heterocycles. The zero-order valence-electron chi connectivity index (χ0n) is 16.4. The van der Waals surface area contributed by atoms with E-state index in [-0.39, 0.29) is 28.7 Å². The van der Waals surface area contributed by atoms with Gasteiger partial charge in [0.15, 0.2) is 5.82 Å². The normalized spacial score (nSPS) is 10.8. The van der Waals surface area contributed by atoms with E-state index < -0.39 is 33.7 Å². The number of methoxy groups -OCH3 is 2. The summed E-state index contributed by atoms with van der Waals surface area (Å²) in [6.45, 7) is 0. The van der Waals surface area contributed by atoms with Gasteiger partial charge in [0, 0.05) is 14.1 Å². The number of anilines is 1. The Labute approximate surface area is 171 Å². The van der Waals surface area contributed by atoms with Gasteiger partial charge in [-0.3, -0.25) is 9.52 Å². The Morgan fingerprint density at radius 3 is 2.13 bits per heavy atom. The highest BCUT2D eigenvalue weighted by atomic mass is 32.2. The molecule has 2 rings (SSSR count). The van der Waals surface area contributed by atoms with Crippen LogP contribution in [0.2, 0.25) is 0 Å². The molecule has 4 N–H and O–H groups in total. The van der Waals surface area contributed by atoms with Crippen molar-refractivity contribution < 1.29 is 31.9 Å². The van der Waals surface area contributed by atoms with Gasteiger partial charge in [-0.05, 0) is 12.1 Å². The van der Waals surface area contributed by atoms with Crippen LogP contribution in [0.25, 0.3) is 11.4 Å².